The average Bonchev–Trinajstić information content (AvgIpc) is 2.63. The minimum absolute atomic E-state index is 0.134. The highest BCUT2D eigenvalue weighted by molar-refractivity contribution is 6.30. The smallest absolute Gasteiger partial charge is 0.338 e. The van der Waals surface area contributed by atoms with Gasteiger partial charge in [0.15, 0.2) is 5.82 Å². The number of esters is 1. The molecule has 0 aliphatic heterocycles. The number of carbonyl (C=O) groups is 2. The van der Waals surface area contributed by atoms with Crippen LogP contribution in [0.4, 0.5) is 0 Å². The van der Waals surface area contributed by atoms with Crippen LogP contribution in [0, 0.1) is 0 Å². The fourth-order valence-corrected chi connectivity index (χ4v) is 2.57. The van der Waals surface area contributed by atoms with E-state index in [2.05, 4.69) is 4.98 Å². The number of hydrogen-bond donors (Lipinski definition) is 1. The first-order valence-electron chi connectivity index (χ1n) is 7.65. The van der Waals surface area contributed by atoms with Crippen molar-refractivity contribution in [3.05, 3.63) is 75.3 Å². The number of nitrogens with two attached hydrogens (primary N) is 1. The van der Waals surface area contributed by atoms with Gasteiger partial charge in [-0.2, -0.15) is 0 Å². The van der Waals surface area contributed by atoms with E-state index in [1.54, 1.807) is 36.4 Å². The largest absolute Gasteiger partial charge is 0.454 e. The van der Waals surface area contributed by atoms with E-state index in [1.807, 2.05) is 0 Å². The predicted molar refractivity (Wildman–Crippen MR) is 95.8 cm³/mol. The molecule has 3 aromatic rings. The highest BCUT2D eigenvalue weighted by Gasteiger charge is 2.15. The van der Waals surface area contributed by atoms with E-state index >= 15 is 0 Å². The van der Waals surface area contributed by atoms with Crippen LogP contribution in [0.3, 0.4) is 0 Å². The summed E-state index contributed by atoms with van der Waals surface area (Å²) in [5.74, 6) is -1.17. The van der Waals surface area contributed by atoms with Crippen molar-refractivity contribution in [2.75, 3.05) is 0 Å². The molecule has 1 aromatic heterocycles. The molecule has 0 bridgehead atoms. The third-order valence-electron chi connectivity index (χ3n) is 3.67. The number of hydrogen-bond acceptors (Lipinski definition) is 5. The first kappa shape index (κ1) is 17.6. The predicted octanol–water partition coefficient (Wildman–Crippen LogP) is 1.89. The van der Waals surface area contributed by atoms with Crippen molar-refractivity contribution in [3.8, 4) is 0 Å². The Bertz CT molecular complexity index is 1040. The first-order chi connectivity index (χ1) is 12.5. The van der Waals surface area contributed by atoms with Crippen LogP contribution in [0.5, 0.6) is 0 Å². The molecule has 0 fully saturated rings. The number of ether oxygens (including phenoxy) is 1. The summed E-state index contributed by atoms with van der Waals surface area (Å²) in [6.07, 6.45) is 0. The number of rotatable bonds is 5. The maximum absolute atomic E-state index is 12.6. The van der Waals surface area contributed by atoms with Gasteiger partial charge in [0.05, 0.1) is 16.5 Å². The number of carbonyl (C=O) groups excluding carboxylic acids is 2. The Morgan fingerprint density at radius 2 is 1.81 bits per heavy atom. The maximum atomic E-state index is 12.6. The molecule has 0 atom stereocenters. The summed E-state index contributed by atoms with van der Waals surface area (Å²) in [6, 6.07) is 12.9. The lowest BCUT2D eigenvalue weighted by molar-refractivity contribution is -0.118. The Balaban J connectivity index is 1.93. The number of benzene rings is 2. The molecule has 0 spiro atoms. The maximum Gasteiger partial charge on any atom is 0.338 e. The Labute approximate surface area is 153 Å². The highest BCUT2D eigenvalue weighted by Crippen LogP contribution is 2.12. The second-order valence-electron chi connectivity index (χ2n) is 5.49. The third-order valence-corrected chi connectivity index (χ3v) is 3.92. The highest BCUT2D eigenvalue weighted by atomic mass is 35.5. The van der Waals surface area contributed by atoms with Gasteiger partial charge in [0.25, 0.3) is 5.56 Å². The monoisotopic (exact) mass is 371 g/mol. The third kappa shape index (κ3) is 3.73. The minimum atomic E-state index is -0.700. The molecule has 0 saturated heterocycles. The van der Waals surface area contributed by atoms with Gasteiger partial charge in [0, 0.05) is 5.02 Å². The van der Waals surface area contributed by atoms with Crippen LogP contribution < -0.4 is 11.3 Å². The summed E-state index contributed by atoms with van der Waals surface area (Å²) in [5, 5.41) is 0.842. The van der Waals surface area contributed by atoms with E-state index < -0.39 is 17.4 Å². The Morgan fingerprint density at radius 3 is 2.50 bits per heavy atom. The van der Waals surface area contributed by atoms with Gasteiger partial charge in [-0.25, -0.2) is 9.78 Å². The van der Waals surface area contributed by atoms with E-state index in [0.29, 0.717) is 21.5 Å². The van der Waals surface area contributed by atoms with E-state index in [4.69, 9.17) is 22.1 Å². The molecule has 1 heterocycles. The summed E-state index contributed by atoms with van der Waals surface area (Å²) >= 11 is 5.79. The van der Waals surface area contributed by atoms with E-state index in [0.717, 1.165) is 4.57 Å². The second kappa shape index (κ2) is 7.37. The lowest BCUT2D eigenvalue weighted by Crippen LogP contribution is -2.32. The van der Waals surface area contributed by atoms with Gasteiger partial charge in [0.2, 0.25) is 5.91 Å². The number of fused-ring (bicyclic) bond motifs is 1. The lowest BCUT2D eigenvalue weighted by Gasteiger charge is -2.12. The molecule has 0 radical (unpaired) electrons. The van der Waals surface area contributed by atoms with Crippen molar-refractivity contribution in [2.45, 2.75) is 13.2 Å². The molecule has 1 amide bonds. The summed E-state index contributed by atoms with van der Waals surface area (Å²) in [5.41, 5.74) is 5.54. The van der Waals surface area contributed by atoms with Crippen LogP contribution >= 0.6 is 11.6 Å². The van der Waals surface area contributed by atoms with Crippen molar-refractivity contribution < 1.29 is 14.3 Å². The van der Waals surface area contributed by atoms with Crippen LogP contribution in [0.15, 0.2) is 53.3 Å². The normalized spacial score (nSPS) is 10.7. The SMILES string of the molecule is NC(=O)Cn1c(COC(=O)c2ccc(Cl)cc2)nc2ccccc2c1=O. The average molecular weight is 372 g/mol. The number of para-hydroxylation sites is 1. The molecule has 0 aliphatic carbocycles. The van der Waals surface area contributed by atoms with Gasteiger partial charge in [-0.05, 0) is 36.4 Å². The van der Waals surface area contributed by atoms with Gasteiger partial charge in [-0.1, -0.05) is 23.7 Å². The zero-order valence-electron chi connectivity index (χ0n) is 13.5. The fraction of sp³-hybridized carbons (Fsp3) is 0.111. The summed E-state index contributed by atoms with van der Waals surface area (Å²) in [6.45, 7) is -0.640. The van der Waals surface area contributed by atoms with Crippen LogP contribution in [0.2, 0.25) is 5.02 Å². The zero-order valence-corrected chi connectivity index (χ0v) is 14.3. The summed E-state index contributed by atoms with van der Waals surface area (Å²) in [4.78, 5) is 40.4. The molecule has 7 nitrogen and oxygen atoms in total. The van der Waals surface area contributed by atoms with Crippen LogP contribution in [0.1, 0.15) is 16.2 Å². The molecule has 0 unspecified atom stereocenters. The van der Waals surface area contributed by atoms with E-state index in [1.165, 1.54) is 12.1 Å². The van der Waals surface area contributed by atoms with Gasteiger partial charge in [-0.15, -0.1) is 0 Å². The molecule has 0 saturated carbocycles. The van der Waals surface area contributed by atoms with Crippen LogP contribution in [-0.4, -0.2) is 21.4 Å². The van der Waals surface area contributed by atoms with Crippen molar-refractivity contribution in [2.24, 2.45) is 5.73 Å². The topological polar surface area (TPSA) is 104 Å². The molecule has 26 heavy (non-hydrogen) atoms. The van der Waals surface area contributed by atoms with Crippen molar-refractivity contribution in [1.29, 1.82) is 0 Å². The summed E-state index contributed by atoms with van der Waals surface area (Å²) in [7, 11) is 0. The molecule has 132 valence electrons. The Kier molecular flexibility index (Phi) is 4.99. The van der Waals surface area contributed by atoms with Crippen LogP contribution in [-0.2, 0) is 22.7 Å². The lowest BCUT2D eigenvalue weighted by atomic mass is 10.2. The molecular formula is C18H14ClN3O4. The van der Waals surface area contributed by atoms with Crippen molar-refractivity contribution in [1.82, 2.24) is 9.55 Å². The number of aromatic nitrogens is 2. The fourth-order valence-electron chi connectivity index (χ4n) is 2.44. The molecule has 2 N–H and O–H groups in total. The van der Waals surface area contributed by atoms with Crippen molar-refractivity contribution >= 4 is 34.4 Å². The van der Waals surface area contributed by atoms with Gasteiger partial charge in [-0.3, -0.25) is 14.2 Å². The van der Waals surface area contributed by atoms with Gasteiger partial charge in [0.1, 0.15) is 13.2 Å². The molecule has 8 heteroatoms. The van der Waals surface area contributed by atoms with Crippen LogP contribution in [0.25, 0.3) is 10.9 Å². The Hall–Kier alpha value is -3.19. The molecule has 3 rings (SSSR count). The number of primary amides is 1. The minimum Gasteiger partial charge on any atom is -0.454 e. The van der Waals surface area contributed by atoms with E-state index in [-0.39, 0.29) is 19.0 Å². The van der Waals surface area contributed by atoms with Gasteiger partial charge < -0.3 is 10.5 Å². The molecular weight excluding hydrogens is 358 g/mol. The first-order valence-corrected chi connectivity index (χ1v) is 8.03. The Morgan fingerprint density at radius 1 is 1.12 bits per heavy atom. The standard InChI is InChI=1S/C18H14ClN3O4/c19-12-7-5-11(6-8-12)18(25)26-10-16-21-14-4-2-1-3-13(14)17(24)22(16)9-15(20)23/h1-8H,9-10H2,(H2,20,23). The molecule has 0 aliphatic rings. The quantitative estimate of drug-likeness (QED) is 0.689. The zero-order chi connectivity index (χ0) is 18.7. The molecule has 2 aromatic carbocycles. The number of amides is 1. The second-order valence-corrected chi connectivity index (χ2v) is 5.92. The number of halogens is 1. The van der Waals surface area contributed by atoms with Gasteiger partial charge >= 0.3 is 5.97 Å². The summed E-state index contributed by atoms with van der Waals surface area (Å²) < 4.78 is 6.33. The number of nitrogens with zero attached hydrogens (tertiary/aromatic N) is 2. The van der Waals surface area contributed by atoms with Crippen molar-refractivity contribution in [3.63, 3.8) is 0 Å². The van der Waals surface area contributed by atoms with E-state index in [9.17, 15) is 14.4 Å².